The maximum Gasteiger partial charge on any atom is 0.416 e. The van der Waals surface area contributed by atoms with Crippen molar-refractivity contribution in [3.8, 4) is 11.3 Å². The van der Waals surface area contributed by atoms with E-state index in [9.17, 15) is 18.0 Å². The van der Waals surface area contributed by atoms with Crippen LogP contribution in [0.3, 0.4) is 0 Å². The van der Waals surface area contributed by atoms with Gasteiger partial charge >= 0.3 is 12.1 Å². The molecule has 1 heterocycles. The molecule has 0 radical (unpaired) electrons. The van der Waals surface area contributed by atoms with Crippen LogP contribution in [-0.2, 0) is 15.7 Å². The van der Waals surface area contributed by atoms with Crippen LogP contribution in [0, 0.1) is 0 Å². The van der Waals surface area contributed by atoms with Gasteiger partial charge in [0.05, 0.1) is 23.7 Å². The second-order valence-corrected chi connectivity index (χ2v) is 5.09. The van der Waals surface area contributed by atoms with E-state index >= 15 is 0 Å². The first-order chi connectivity index (χ1) is 10.8. The predicted octanol–water partition coefficient (Wildman–Crippen LogP) is 3.99. The largest absolute Gasteiger partial charge is 0.460 e. The summed E-state index contributed by atoms with van der Waals surface area (Å²) < 4.78 is 44.5. The summed E-state index contributed by atoms with van der Waals surface area (Å²) in [6, 6.07) is 4.90. The van der Waals surface area contributed by atoms with Gasteiger partial charge in [-0.15, -0.1) is 0 Å². The summed E-state index contributed by atoms with van der Waals surface area (Å²) in [5.41, 5.74) is -0.0182. The molecule has 23 heavy (non-hydrogen) atoms. The average Bonchev–Trinajstić information content (AvgIpc) is 2.92. The summed E-state index contributed by atoms with van der Waals surface area (Å²) in [7, 11) is 0. The van der Waals surface area contributed by atoms with E-state index in [0.29, 0.717) is 11.3 Å². The number of nitrogens with zero attached hydrogens (tertiary/aromatic N) is 2. The van der Waals surface area contributed by atoms with Gasteiger partial charge in [0.25, 0.3) is 0 Å². The summed E-state index contributed by atoms with van der Waals surface area (Å²) in [4.78, 5) is 15.4. The molecule has 0 amide bonds. The number of hydrogen-bond acceptors (Lipinski definition) is 3. The number of halogens is 3. The van der Waals surface area contributed by atoms with Gasteiger partial charge in [0.15, 0.2) is 0 Å². The molecule has 0 aliphatic heterocycles. The van der Waals surface area contributed by atoms with Gasteiger partial charge in [0.2, 0.25) is 0 Å². The Labute approximate surface area is 131 Å². The molecule has 122 valence electrons. The van der Waals surface area contributed by atoms with E-state index < -0.39 is 17.7 Å². The molecule has 1 aromatic carbocycles. The van der Waals surface area contributed by atoms with E-state index in [1.807, 2.05) is 0 Å². The number of ether oxygens (including phenoxy) is 1. The lowest BCUT2D eigenvalue weighted by Gasteiger charge is -2.07. The van der Waals surface area contributed by atoms with Crippen molar-refractivity contribution in [2.75, 3.05) is 0 Å². The zero-order chi connectivity index (χ0) is 17.0. The summed E-state index contributed by atoms with van der Waals surface area (Å²) in [6.07, 6.45) is 0.935. The van der Waals surface area contributed by atoms with Gasteiger partial charge in [-0.05, 0) is 26.0 Å². The zero-order valence-electron chi connectivity index (χ0n) is 12.5. The number of benzene rings is 1. The van der Waals surface area contributed by atoms with E-state index in [1.165, 1.54) is 35.4 Å². The SMILES string of the molecule is CC(C)OC(=O)C=Cn1cnc(-c2cccc(C(F)(F)F)c2)c1. The van der Waals surface area contributed by atoms with Crippen LogP contribution < -0.4 is 0 Å². The van der Waals surface area contributed by atoms with E-state index in [4.69, 9.17) is 4.74 Å². The van der Waals surface area contributed by atoms with Crippen LogP contribution in [0.5, 0.6) is 0 Å². The Balaban J connectivity index is 2.17. The quantitative estimate of drug-likeness (QED) is 0.631. The molecule has 0 fully saturated rings. The lowest BCUT2D eigenvalue weighted by atomic mass is 10.1. The highest BCUT2D eigenvalue weighted by atomic mass is 19.4. The third kappa shape index (κ3) is 4.70. The van der Waals surface area contributed by atoms with Gasteiger partial charge in [0, 0.05) is 24.0 Å². The molecule has 1 aromatic heterocycles. The minimum Gasteiger partial charge on any atom is -0.460 e. The number of imidazole rings is 1. The average molecular weight is 324 g/mol. The van der Waals surface area contributed by atoms with Crippen molar-refractivity contribution in [2.24, 2.45) is 0 Å². The number of hydrogen-bond donors (Lipinski definition) is 0. The first kappa shape index (κ1) is 16.8. The van der Waals surface area contributed by atoms with Crippen molar-refractivity contribution in [2.45, 2.75) is 26.1 Å². The Hall–Kier alpha value is -2.57. The fraction of sp³-hybridized carbons (Fsp3) is 0.250. The fourth-order valence-electron chi connectivity index (χ4n) is 1.84. The molecular formula is C16H15F3N2O2. The van der Waals surface area contributed by atoms with Crippen LogP contribution in [0.15, 0.2) is 42.9 Å². The van der Waals surface area contributed by atoms with Crippen LogP contribution >= 0.6 is 0 Å². The Morgan fingerprint density at radius 2 is 2.09 bits per heavy atom. The van der Waals surface area contributed by atoms with Gasteiger partial charge in [-0.1, -0.05) is 12.1 Å². The molecule has 0 aliphatic rings. The predicted molar refractivity (Wildman–Crippen MR) is 79.2 cm³/mol. The Morgan fingerprint density at radius 3 is 2.74 bits per heavy atom. The Bertz CT molecular complexity index is 718. The van der Waals surface area contributed by atoms with Crippen LogP contribution in [0.2, 0.25) is 0 Å². The minimum absolute atomic E-state index is 0.226. The highest BCUT2D eigenvalue weighted by Gasteiger charge is 2.30. The van der Waals surface area contributed by atoms with Crippen molar-refractivity contribution < 1.29 is 22.7 Å². The summed E-state index contributed by atoms with van der Waals surface area (Å²) in [5, 5.41) is 0. The molecule has 0 unspecified atom stereocenters. The smallest absolute Gasteiger partial charge is 0.416 e. The fourth-order valence-corrected chi connectivity index (χ4v) is 1.84. The Kier molecular flexibility index (Phi) is 4.88. The maximum absolute atomic E-state index is 12.7. The molecule has 0 bridgehead atoms. The molecule has 0 N–H and O–H groups in total. The first-order valence-corrected chi connectivity index (χ1v) is 6.85. The molecule has 4 nitrogen and oxygen atoms in total. The zero-order valence-corrected chi connectivity index (χ0v) is 12.5. The highest BCUT2D eigenvalue weighted by molar-refractivity contribution is 5.85. The molecule has 0 spiro atoms. The monoisotopic (exact) mass is 324 g/mol. The second kappa shape index (κ2) is 6.68. The van der Waals surface area contributed by atoms with Crippen molar-refractivity contribution in [1.29, 1.82) is 0 Å². The summed E-state index contributed by atoms with van der Waals surface area (Å²) in [6.45, 7) is 3.46. The van der Waals surface area contributed by atoms with Gasteiger partial charge in [-0.3, -0.25) is 0 Å². The molecule has 0 saturated heterocycles. The topological polar surface area (TPSA) is 44.1 Å². The molecule has 2 rings (SSSR count). The number of carbonyl (C=O) groups is 1. The number of esters is 1. The van der Waals surface area contributed by atoms with Crippen molar-refractivity contribution in [3.63, 3.8) is 0 Å². The third-order valence-corrected chi connectivity index (χ3v) is 2.82. The standard InChI is InChI=1S/C16H15F3N2O2/c1-11(2)23-15(22)6-7-21-9-14(20-10-21)12-4-3-5-13(8-12)16(17,18)19/h3-11H,1-2H3. The first-order valence-electron chi connectivity index (χ1n) is 6.85. The van der Waals surface area contributed by atoms with Gasteiger partial charge in [0.1, 0.15) is 0 Å². The number of alkyl halides is 3. The van der Waals surface area contributed by atoms with Crippen molar-refractivity contribution >= 4 is 12.2 Å². The maximum atomic E-state index is 12.7. The number of carbonyl (C=O) groups excluding carboxylic acids is 1. The van der Waals surface area contributed by atoms with E-state index in [1.54, 1.807) is 19.9 Å². The van der Waals surface area contributed by atoms with Gasteiger partial charge in [-0.2, -0.15) is 13.2 Å². The van der Waals surface area contributed by atoms with Gasteiger partial charge in [-0.25, -0.2) is 9.78 Å². The van der Waals surface area contributed by atoms with E-state index in [2.05, 4.69) is 4.98 Å². The van der Waals surface area contributed by atoms with Gasteiger partial charge < -0.3 is 9.30 Å². The molecular weight excluding hydrogens is 309 g/mol. The molecule has 2 aromatic rings. The van der Waals surface area contributed by atoms with Crippen molar-refractivity contribution in [1.82, 2.24) is 9.55 Å². The summed E-state index contributed by atoms with van der Waals surface area (Å²) in [5.74, 6) is -0.505. The van der Waals surface area contributed by atoms with E-state index in [0.717, 1.165) is 12.1 Å². The van der Waals surface area contributed by atoms with Crippen LogP contribution in [0.4, 0.5) is 13.2 Å². The lowest BCUT2D eigenvalue weighted by molar-refractivity contribution is -0.141. The Morgan fingerprint density at radius 1 is 1.35 bits per heavy atom. The van der Waals surface area contributed by atoms with E-state index in [-0.39, 0.29) is 6.10 Å². The second-order valence-electron chi connectivity index (χ2n) is 5.09. The highest BCUT2D eigenvalue weighted by Crippen LogP contribution is 2.31. The van der Waals surface area contributed by atoms with Crippen molar-refractivity contribution in [3.05, 3.63) is 48.4 Å². The molecule has 0 aliphatic carbocycles. The van der Waals surface area contributed by atoms with Crippen LogP contribution in [-0.4, -0.2) is 21.6 Å². The minimum atomic E-state index is -4.40. The van der Waals surface area contributed by atoms with Crippen LogP contribution in [0.1, 0.15) is 19.4 Å². The normalized spacial score (nSPS) is 12.1. The third-order valence-electron chi connectivity index (χ3n) is 2.82. The summed E-state index contributed by atoms with van der Waals surface area (Å²) >= 11 is 0. The lowest BCUT2D eigenvalue weighted by Crippen LogP contribution is -2.08. The number of rotatable bonds is 4. The molecule has 0 atom stereocenters. The molecule has 7 heteroatoms. The van der Waals surface area contributed by atoms with Crippen LogP contribution in [0.25, 0.3) is 17.5 Å². The molecule has 0 saturated carbocycles. The number of aromatic nitrogens is 2.